The van der Waals surface area contributed by atoms with Crippen LogP contribution < -0.4 is 0 Å². The standard InChI is InChI=1S/C11H20O2/c12-10-5-3-9(8-10)4-6-11-2-1-7-13-11/h9-12H,1-8H2. The third kappa shape index (κ3) is 2.68. The van der Waals surface area contributed by atoms with Gasteiger partial charge >= 0.3 is 0 Å². The van der Waals surface area contributed by atoms with E-state index < -0.39 is 0 Å². The molecule has 0 spiro atoms. The van der Waals surface area contributed by atoms with Gasteiger partial charge < -0.3 is 9.84 Å². The van der Waals surface area contributed by atoms with Crippen molar-refractivity contribution in [3.63, 3.8) is 0 Å². The van der Waals surface area contributed by atoms with Gasteiger partial charge in [-0.3, -0.25) is 0 Å². The van der Waals surface area contributed by atoms with Crippen molar-refractivity contribution < 1.29 is 9.84 Å². The zero-order chi connectivity index (χ0) is 9.10. The summed E-state index contributed by atoms with van der Waals surface area (Å²) in [5.74, 6) is 0.777. The van der Waals surface area contributed by atoms with Crippen LogP contribution in [0.5, 0.6) is 0 Å². The molecule has 0 amide bonds. The first-order chi connectivity index (χ1) is 6.34. The van der Waals surface area contributed by atoms with Crippen LogP contribution in [-0.2, 0) is 4.74 Å². The van der Waals surface area contributed by atoms with Crippen LogP contribution in [0.15, 0.2) is 0 Å². The van der Waals surface area contributed by atoms with Gasteiger partial charge in [-0.05, 0) is 50.9 Å². The molecule has 2 nitrogen and oxygen atoms in total. The Balaban J connectivity index is 1.62. The Bertz CT molecular complexity index is 152. The molecule has 0 aromatic carbocycles. The van der Waals surface area contributed by atoms with Crippen LogP contribution in [0.2, 0.25) is 0 Å². The fourth-order valence-corrected chi connectivity index (χ4v) is 2.60. The minimum atomic E-state index is -0.00510. The van der Waals surface area contributed by atoms with Crippen LogP contribution in [0, 0.1) is 5.92 Å². The zero-order valence-electron chi connectivity index (χ0n) is 8.24. The van der Waals surface area contributed by atoms with Crippen LogP contribution in [-0.4, -0.2) is 23.9 Å². The topological polar surface area (TPSA) is 29.5 Å². The first-order valence-electron chi connectivity index (χ1n) is 5.64. The summed E-state index contributed by atoms with van der Waals surface area (Å²) in [6.45, 7) is 0.970. The van der Waals surface area contributed by atoms with Gasteiger partial charge in [0.1, 0.15) is 0 Å². The Hall–Kier alpha value is -0.0800. The van der Waals surface area contributed by atoms with E-state index in [1.165, 1.54) is 32.1 Å². The third-order valence-corrected chi connectivity index (χ3v) is 3.43. The molecule has 0 aromatic heterocycles. The molecule has 1 N–H and O–H groups in total. The molecule has 3 unspecified atom stereocenters. The fraction of sp³-hybridized carbons (Fsp3) is 1.00. The lowest BCUT2D eigenvalue weighted by atomic mass is 9.98. The Morgan fingerprint density at radius 3 is 2.69 bits per heavy atom. The third-order valence-electron chi connectivity index (χ3n) is 3.43. The molecule has 3 atom stereocenters. The molecule has 1 saturated heterocycles. The molecule has 2 heteroatoms. The highest BCUT2D eigenvalue weighted by atomic mass is 16.5. The summed E-state index contributed by atoms with van der Waals surface area (Å²) in [6, 6.07) is 0. The highest BCUT2D eigenvalue weighted by Crippen LogP contribution is 2.31. The quantitative estimate of drug-likeness (QED) is 0.728. The number of hydrogen-bond donors (Lipinski definition) is 1. The Morgan fingerprint density at radius 2 is 2.08 bits per heavy atom. The molecular formula is C11H20O2. The Morgan fingerprint density at radius 1 is 1.15 bits per heavy atom. The Labute approximate surface area is 80.3 Å². The molecule has 13 heavy (non-hydrogen) atoms. The molecule has 1 aliphatic heterocycles. The predicted octanol–water partition coefficient (Wildman–Crippen LogP) is 2.11. The minimum absolute atomic E-state index is 0.00510. The SMILES string of the molecule is OC1CCC(CCC2CCCO2)C1. The van der Waals surface area contributed by atoms with Crippen molar-refractivity contribution >= 4 is 0 Å². The monoisotopic (exact) mass is 184 g/mol. The van der Waals surface area contributed by atoms with Gasteiger partial charge in [0.05, 0.1) is 12.2 Å². The van der Waals surface area contributed by atoms with Gasteiger partial charge in [0, 0.05) is 6.61 Å². The number of hydrogen-bond acceptors (Lipinski definition) is 2. The molecule has 2 fully saturated rings. The summed E-state index contributed by atoms with van der Waals surface area (Å²) >= 11 is 0. The van der Waals surface area contributed by atoms with E-state index in [1.807, 2.05) is 0 Å². The molecule has 1 aliphatic carbocycles. The Kier molecular flexibility index (Phi) is 3.23. The van der Waals surface area contributed by atoms with Crippen LogP contribution in [0.25, 0.3) is 0 Å². The van der Waals surface area contributed by atoms with Gasteiger partial charge in [0.2, 0.25) is 0 Å². The maximum atomic E-state index is 9.36. The number of aliphatic hydroxyl groups is 1. The number of aliphatic hydroxyl groups excluding tert-OH is 1. The highest BCUT2D eigenvalue weighted by Gasteiger charge is 2.24. The van der Waals surface area contributed by atoms with Gasteiger partial charge in [0.15, 0.2) is 0 Å². The molecule has 2 aliphatic rings. The lowest BCUT2D eigenvalue weighted by Gasteiger charge is -2.12. The van der Waals surface area contributed by atoms with Crippen molar-refractivity contribution in [3.05, 3.63) is 0 Å². The average molecular weight is 184 g/mol. The van der Waals surface area contributed by atoms with Gasteiger partial charge in [-0.15, -0.1) is 0 Å². The summed E-state index contributed by atoms with van der Waals surface area (Å²) in [7, 11) is 0. The molecule has 2 rings (SSSR count). The number of ether oxygens (including phenoxy) is 1. The predicted molar refractivity (Wildman–Crippen MR) is 51.6 cm³/mol. The van der Waals surface area contributed by atoms with E-state index in [2.05, 4.69) is 0 Å². The molecule has 0 aromatic rings. The van der Waals surface area contributed by atoms with Crippen molar-refractivity contribution in [2.45, 2.75) is 57.2 Å². The van der Waals surface area contributed by atoms with Gasteiger partial charge in [-0.25, -0.2) is 0 Å². The van der Waals surface area contributed by atoms with E-state index in [4.69, 9.17) is 4.74 Å². The molecule has 1 heterocycles. The second-order valence-electron chi connectivity index (χ2n) is 4.55. The van der Waals surface area contributed by atoms with Crippen molar-refractivity contribution in [2.24, 2.45) is 5.92 Å². The van der Waals surface area contributed by atoms with Crippen molar-refractivity contribution in [3.8, 4) is 0 Å². The molecule has 76 valence electrons. The second-order valence-corrected chi connectivity index (χ2v) is 4.55. The maximum Gasteiger partial charge on any atom is 0.0576 e. The van der Waals surface area contributed by atoms with E-state index in [-0.39, 0.29) is 6.10 Å². The van der Waals surface area contributed by atoms with Gasteiger partial charge in [-0.1, -0.05) is 0 Å². The first kappa shape index (κ1) is 9.47. The molecule has 0 bridgehead atoms. The van der Waals surface area contributed by atoms with Crippen LogP contribution in [0.1, 0.15) is 44.9 Å². The minimum Gasteiger partial charge on any atom is -0.393 e. The normalized spacial score (nSPS) is 39.9. The van der Waals surface area contributed by atoms with Crippen LogP contribution in [0.3, 0.4) is 0 Å². The first-order valence-corrected chi connectivity index (χ1v) is 5.64. The van der Waals surface area contributed by atoms with Gasteiger partial charge in [0.25, 0.3) is 0 Å². The molecular weight excluding hydrogens is 164 g/mol. The van der Waals surface area contributed by atoms with E-state index in [0.29, 0.717) is 6.10 Å². The maximum absolute atomic E-state index is 9.36. The van der Waals surface area contributed by atoms with Crippen LogP contribution in [0.4, 0.5) is 0 Å². The van der Waals surface area contributed by atoms with Crippen LogP contribution >= 0.6 is 0 Å². The summed E-state index contributed by atoms with van der Waals surface area (Å²) in [4.78, 5) is 0. The lowest BCUT2D eigenvalue weighted by Crippen LogP contribution is -2.08. The number of rotatable bonds is 3. The fourth-order valence-electron chi connectivity index (χ4n) is 2.60. The van der Waals surface area contributed by atoms with Crippen molar-refractivity contribution in [1.82, 2.24) is 0 Å². The summed E-state index contributed by atoms with van der Waals surface area (Å²) in [5.41, 5.74) is 0. The summed E-state index contributed by atoms with van der Waals surface area (Å²) < 4.78 is 5.58. The van der Waals surface area contributed by atoms with E-state index in [0.717, 1.165) is 25.4 Å². The van der Waals surface area contributed by atoms with E-state index in [1.54, 1.807) is 0 Å². The molecule has 0 radical (unpaired) electrons. The van der Waals surface area contributed by atoms with E-state index >= 15 is 0 Å². The zero-order valence-corrected chi connectivity index (χ0v) is 8.24. The van der Waals surface area contributed by atoms with Gasteiger partial charge in [-0.2, -0.15) is 0 Å². The lowest BCUT2D eigenvalue weighted by molar-refractivity contribution is 0.0970. The van der Waals surface area contributed by atoms with Crippen molar-refractivity contribution in [2.75, 3.05) is 6.61 Å². The summed E-state index contributed by atoms with van der Waals surface area (Å²) in [5, 5.41) is 9.36. The highest BCUT2D eigenvalue weighted by molar-refractivity contribution is 4.76. The average Bonchev–Trinajstić information content (AvgIpc) is 2.71. The largest absolute Gasteiger partial charge is 0.393 e. The molecule has 1 saturated carbocycles. The van der Waals surface area contributed by atoms with E-state index in [9.17, 15) is 5.11 Å². The van der Waals surface area contributed by atoms with Crippen molar-refractivity contribution in [1.29, 1.82) is 0 Å². The smallest absolute Gasteiger partial charge is 0.0576 e. The second kappa shape index (κ2) is 4.43. The summed E-state index contributed by atoms with van der Waals surface area (Å²) in [6.07, 6.45) is 8.82.